The van der Waals surface area contributed by atoms with E-state index in [4.69, 9.17) is 0 Å². The lowest BCUT2D eigenvalue weighted by atomic mass is 9.77. The summed E-state index contributed by atoms with van der Waals surface area (Å²) >= 11 is 0. The van der Waals surface area contributed by atoms with E-state index in [0.29, 0.717) is 18.3 Å². The molecule has 6 nitrogen and oxygen atoms in total. The summed E-state index contributed by atoms with van der Waals surface area (Å²) in [6.07, 6.45) is 6.60. The minimum absolute atomic E-state index is 0.119. The van der Waals surface area contributed by atoms with Gasteiger partial charge in [0.2, 0.25) is 5.91 Å². The average Bonchev–Trinajstić information content (AvgIpc) is 3.31. The van der Waals surface area contributed by atoms with Crippen LogP contribution in [0.15, 0.2) is 0 Å². The van der Waals surface area contributed by atoms with E-state index in [1.165, 1.54) is 0 Å². The van der Waals surface area contributed by atoms with Gasteiger partial charge >= 0.3 is 6.03 Å². The topological polar surface area (TPSA) is 67.6 Å². The molecule has 1 saturated carbocycles. The van der Waals surface area contributed by atoms with Gasteiger partial charge in [-0.2, -0.15) is 5.26 Å². The number of likely N-dealkylation sites (tertiary alicyclic amines) is 2. The molecule has 0 aromatic rings. The molecule has 3 rings (SSSR count). The number of hydrogen-bond donors (Lipinski definition) is 0. The molecule has 0 spiro atoms. The monoisotopic (exact) mass is 360 g/mol. The van der Waals surface area contributed by atoms with Crippen molar-refractivity contribution in [3.8, 4) is 6.07 Å². The molecule has 1 unspecified atom stereocenters. The highest BCUT2D eigenvalue weighted by molar-refractivity contribution is 5.77. The SMILES string of the molecule is CCC1(CCC(=O)N2CCC[C@H]2C#N)C[C@H]2CN(C(=O)N(C)C)C[C@H]2C1. The zero-order valence-electron chi connectivity index (χ0n) is 16.4. The molecule has 0 aromatic carbocycles. The maximum atomic E-state index is 12.6. The summed E-state index contributed by atoms with van der Waals surface area (Å²) < 4.78 is 0. The molecular weight excluding hydrogens is 328 g/mol. The number of fused-ring (bicyclic) bond motifs is 1. The first-order chi connectivity index (χ1) is 12.4. The Balaban J connectivity index is 1.55. The molecule has 3 aliphatic rings. The predicted molar refractivity (Wildman–Crippen MR) is 99.2 cm³/mol. The average molecular weight is 361 g/mol. The standard InChI is InChI=1S/C20H32N4O2/c1-4-20(8-7-18(25)24-9-5-6-17(24)12-21)10-15-13-23(14-16(15)11-20)19(26)22(2)3/h15-17H,4-11,13-14H2,1-3H3/t15-,16+,17-,20?/m0/s1. The smallest absolute Gasteiger partial charge is 0.319 e. The molecular formula is C20H32N4O2. The summed E-state index contributed by atoms with van der Waals surface area (Å²) in [5, 5.41) is 9.20. The third-order valence-corrected chi connectivity index (χ3v) is 6.96. The summed E-state index contributed by atoms with van der Waals surface area (Å²) in [5.74, 6) is 1.31. The molecule has 2 heterocycles. The highest BCUT2D eigenvalue weighted by Crippen LogP contribution is 2.53. The van der Waals surface area contributed by atoms with Crippen molar-refractivity contribution in [1.29, 1.82) is 5.26 Å². The number of nitriles is 1. The number of carbonyl (C=O) groups excluding carboxylic acids is 2. The van der Waals surface area contributed by atoms with Crippen molar-refractivity contribution in [2.75, 3.05) is 33.7 Å². The fourth-order valence-corrected chi connectivity index (χ4v) is 5.42. The van der Waals surface area contributed by atoms with E-state index < -0.39 is 0 Å². The lowest BCUT2D eigenvalue weighted by Crippen LogP contribution is -2.39. The number of nitrogens with zero attached hydrogens (tertiary/aromatic N) is 4. The molecule has 2 saturated heterocycles. The van der Waals surface area contributed by atoms with Gasteiger partial charge in [0, 0.05) is 40.2 Å². The van der Waals surface area contributed by atoms with Crippen molar-refractivity contribution in [3.63, 3.8) is 0 Å². The van der Waals surface area contributed by atoms with Gasteiger partial charge in [-0.05, 0) is 49.4 Å². The van der Waals surface area contributed by atoms with Crippen LogP contribution in [0.4, 0.5) is 4.79 Å². The van der Waals surface area contributed by atoms with Crippen LogP contribution in [0, 0.1) is 28.6 Å². The number of rotatable bonds is 4. The van der Waals surface area contributed by atoms with Gasteiger partial charge in [0.25, 0.3) is 0 Å². The zero-order chi connectivity index (χ0) is 18.9. The molecule has 1 aliphatic carbocycles. The largest absolute Gasteiger partial charge is 0.331 e. The Labute approximate surface area is 157 Å². The molecule has 3 amide bonds. The summed E-state index contributed by atoms with van der Waals surface area (Å²) in [6, 6.07) is 2.17. The molecule has 0 bridgehead atoms. The van der Waals surface area contributed by atoms with Crippen molar-refractivity contribution in [2.45, 2.75) is 57.9 Å². The first-order valence-corrected chi connectivity index (χ1v) is 10.0. The Bertz CT molecular complexity index is 583. The van der Waals surface area contributed by atoms with Crippen LogP contribution in [0.5, 0.6) is 0 Å². The van der Waals surface area contributed by atoms with Gasteiger partial charge in [0.1, 0.15) is 6.04 Å². The van der Waals surface area contributed by atoms with E-state index in [1.54, 1.807) is 9.80 Å². The summed E-state index contributed by atoms with van der Waals surface area (Å²) in [4.78, 5) is 30.2. The fraction of sp³-hybridized carbons (Fsp3) is 0.850. The first-order valence-electron chi connectivity index (χ1n) is 10.0. The number of amides is 3. The third-order valence-electron chi connectivity index (χ3n) is 6.96. The third kappa shape index (κ3) is 3.54. The normalized spacial score (nSPS) is 33.2. The minimum Gasteiger partial charge on any atom is -0.331 e. The lowest BCUT2D eigenvalue weighted by molar-refractivity contribution is -0.131. The molecule has 6 heteroatoms. The molecule has 2 aliphatic heterocycles. The van der Waals surface area contributed by atoms with Crippen molar-refractivity contribution < 1.29 is 9.59 Å². The Morgan fingerprint density at radius 3 is 2.42 bits per heavy atom. The minimum atomic E-state index is -0.214. The van der Waals surface area contributed by atoms with E-state index in [9.17, 15) is 14.9 Å². The maximum Gasteiger partial charge on any atom is 0.319 e. The van der Waals surface area contributed by atoms with Crippen molar-refractivity contribution in [3.05, 3.63) is 0 Å². The van der Waals surface area contributed by atoms with Gasteiger partial charge in [0.05, 0.1) is 6.07 Å². The number of urea groups is 1. The molecule has 0 radical (unpaired) electrons. The number of hydrogen-bond acceptors (Lipinski definition) is 3. The van der Waals surface area contributed by atoms with Gasteiger partial charge in [-0.1, -0.05) is 13.3 Å². The van der Waals surface area contributed by atoms with Crippen LogP contribution in [0.1, 0.15) is 51.9 Å². The van der Waals surface area contributed by atoms with E-state index in [2.05, 4.69) is 13.0 Å². The van der Waals surface area contributed by atoms with Crippen molar-refractivity contribution in [1.82, 2.24) is 14.7 Å². The second-order valence-electron chi connectivity index (χ2n) is 8.74. The van der Waals surface area contributed by atoms with Gasteiger partial charge in [0.15, 0.2) is 0 Å². The van der Waals surface area contributed by atoms with Gasteiger partial charge in [-0.3, -0.25) is 4.79 Å². The van der Waals surface area contributed by atoms with Crippen LogP contribution in [-0.4, -0.2) is 66.4 Å². The first kappa shape index (κ1) is 19.0. The summed E-state index contributed by atoms with van der Waals surface area (Å²) in [6.45, 7) is 4.70. The molecule has 144 valence electrons. The summed E-state index contributed by atoms with van der Waals surface area (Å²) in [5.41, 5.74) is 0.236. The molecule has 3 fully saturated rings. The zero-order valence-corrected chi connectivity index (χ0v) is 16.4. The highest BCUT2D eigenvalue weighted by Gasteiger charge is 2.49. The predicted octanol–water partition coefficient (Wildman–Crippen LogP) is 2.70. The van der Waals surface area contributed by atoms with E-state index in [1.807, 2.05) is 19.0 Å². The van der Waals surface area contributed by atoms with Crippen LogP contribution in [-0.2, 0) is 4.79 Å². The second-order valence-corrected chi connectivity index (χ2v) is 8.74. The number of carbonyl (C=O) groups is 2. The lowest BCUT2D eigenvalue weighted by Gasteiger charge is -2.31. The van der Waals surface area contributed by atoms with Crippen molar-refractivity contribution >= 4 is 11.9 Å². The molecule has 0 N–H and O–H groups in total. The highest BCUT2D eigenvalue weighted by atomic mass is 16.2. The van der Waals surface area contributed by atoms with E-state index in [0.717, 1.165) is 58.2 Å². The van der Waals surface area contributed by atoms with Crippen LogP contribution in [0.3, 0.4) is 0 Å². The van der Waals surface area contributed by atoms with Gasteiger partial charge in [-0.25, -0.2) is 4.79 Å². The van der Waals surface area contributed by atoms with Crippen LogP contribution < -0.4 is 0 Å². The molecule has 4 atom stereocenters. The van der Waals surface area contributed by atoms with Gasteiger partial charge in [-0.15, -0.1) is 0 Å². The molecule has 0 aromatic heterocycles. The fourth-order valence-electron chi connectivity index (χ4n) is 5.42. The van der Waals surface area contributed by atoms with Crippen LogP contribution in [0.2, 0.25) is 0 Å². The van der Waals surface area contributed by atoms with Crippen molar-refractivity contribution in [2.24, 2.45) is 17.3 Å². The quantitative estimate of drug-likeness (QED) is 0.774. The van der Waals surface area contributed by atoms with E-state index >= 15 is 0 Å². The van der Waals surface area contributed by atoms with Crippen LogP contribution >= 0.6 is 0 Å². The molecule has 26 heavy (non-hydrogen) atoms. The maximum absolute atomic E-state index is 12.6. The Morgan fingerprint density at radius 2 is 1.88 bits per heavy atom. The summed E-state index contributed by atoms with van der Waals surface area (Å²) in [7, 11) is 3.62. The second kappa shape index (κ2) is 7.46. The Morgan fingerprint density at radius 1 is 1.23 bits per heavy atom. The Kier molecular flexibility index (Phi) is 5.45. The van der Waals surface area contributed by atoms with Gasteiger partial charge < -0.3 is 14.7 Å². The van der Waals surface area contributed by atoms with Crippen LogP contribution in [0.25, 0.3) is 0 Å². The Hall–Kier alpha value is -1.77. The van der Waals surface area contributed by atoms with E-state index in [-0.39, 0.29) is 23.4 Å².